The number of benzene rings is 2. The third kappa shape index (κ3) is 5.33. The standard InChI is InChI=1S/C22H27ClN2O/c1-24(16-19-6-3-2-4-7-19)21-8-5-15-25(17-21)22(26)14-11-18-9-12-20(23)13-10-18/h2-4,6-7,9-10,12-13,21H,5,8,11,14-17H2,1H3. The smallest absolute Gasteiger partial charge is 0.222 e. The largest absolute Gasteiger partial charge is 0.341 e. The maximum atomic E-state index is 12.6. The van der Waals surface area contributed by atoms with Gasteiger partial charge in [0.05, 0.1) is 0 Å². The first-order chi connectivity index (χ1) is 12.6. The molecule has 1 fully saturated rings. The van der Waals surface area contributed by atoms with Gasteiger partial charge in [-0.2, -0.15) is 0 Å². The molecule has 2 aromatic carbocycles. The zero-order valence-corrected chi connectivity index (χ0v) is 16.2. The second-order valence-corrected chi connectivity index (χ2v) is 7.60. The Morgan fingerprint density at radius 2 is 1.85 bits per heavy atom. The van der Waals surface area contributed by atoms with Gasteiger partial charge in [0.2, 0.25) is 5.91 Å². The lowest BCUT2D eigenvalue weighted by Crippen LogP contribution is -2.48. The van der Waals surface area contributed by atoms with E-state index in [1.165, 1.54) is 5.56 Å². The number of nitrogens with zero attached hydrogens (tertiary/aromatic N) is 2. The third-order valence-corrected chi connectivity index (χ3v) is 5.44. The van der Waals surface area contributed by atoms with Gasteiger partial charge in [-0.05, 0) is 49.6 Å². The molecule has 1 unspecified atom stereocenters. The molecule has 1 saturated heterocycles. The molecule has 2 aromatic rings. The van der Waals surface area contributed by atoms with E-state index in [0.29, 0.717) is 12.5 Å². The highest BCUT2D eigenvalue weighted by atomic mass is 35.5. The number of likely N-dealkylation sites (tertiary alicyclic amines) is 1. The number of likely N-dealkylation sites (N-methyl/N-ethyl adjacent to an activating group) is 1. The van der Waals surface area contributed by atoms with Crippen LogP contribution in [-0.4, -0.2) is 41.9 Å². The Bertz CT molecular complexity index is 702. The number of carbonyl (C=O) groups excluding carboxylic acids is 1. The number of piperidine rings is 1. The minimum atomic E-state index is 0.262. The molecule has 0 spiro atoms. The van der Waals surface area contributed by atoms with E-state index < -0.39 is 0 Å². The fourth-order valence-corrected chi connectivity index (χ4v) is 3.73. The molecule has 0 bridgehead atoms. The molecule has 1 aliphatic rings. The van der Waals surface area contributed by atoms with Crippen LogP contribution in [0, 0.1) is 0 Å². The summed E-state index contributed by atoms with van der Waals surface area (Å²) >= 11 is 5.92. The molecule has 4 heteroatoms. The predicted molar refractivity (Wildman–Crippen MR) is 107 cm³/mol. The summed E-state index contributed by atoms with van der Waals surface area (Å²) in [5.74, 6) is 0.262. The number of hydrogen-bond acceptors (Lipinski definition) is 2. The Hall–Kier alpha value is -1.84. The highest BCUT2D eigenvalue weighted by Crippen LogP contribution is 2.18. The number of rotatable bonds is 6. The molecule has 0 saturated carbocycles. The molecular weight excluding hydrogens is 344 g/mol. The Balaban J connectivity index is 1.50. The Labute approximate surface area is 161 Å². The fourth-order valence-electron chi connectivity index (χ4n) is 3.60. The lowest BCUT2D eigenvalue weighted by molar-refractivity contribution is -0.133. The van der Waals surface area contributed by atoms with E-state index in [1.807, 2.05) is 35.2 Å². The molecule has 0 aromatic heterocycles. The number of halogens is 1. The summed E-state index contributed by atoms with van der Waals surface area (Å²) in [4.78, 5) is 17.1. The van der Waals surface area contributed by atoms with Gasteiger partial charge in [-0.3, -0.25) is 9.69 Å². The monoisotopic (exact) mass is 370 g/mol. The molecule has 1 amide bonds. The van der Waals surface area contributed by atoms with Crippen molar-refractivity contribution in [3.63, 3.8) is 0 Å². The van der Waals surface area contributed by atoms with Crippen molar-refractivity contribution in [3.8, 4) is 0 Å². The predicted octanol–water partition coefficient (Wildman–Crippen LogP) is 4.40. The van der Waals surface area contributed by atoms with Crippen LogP contribution < -0.4 is 0 Å². The molecule has 1 atom stereocenters. The summed E-state index contributed by atoms with van der Waals surface area (Å²) in [5.41, 5.74) is 2.48. The van der Waals surface area contributed by atoms with Crippen molar-refractivity contribution in [1.82, 2.24) is 9.80 Å². The summed E-state index contributed by atoms with van der Waals surface area (Å²) in [5, 5.41) is 0.736. The molecule has 138 valence electrons. The molecular formula is C22H27ClN2O. The second-order valence-electron chi connectivity index (χ2n) is 7.16. The SMILES string of the molecule is CN(Cc1ccccc1)C1CCCN(C(=O)CCc2ccc(Cl)cc2)C1. The summed E-state index contributed by atoms with van der Waals surface area (Å²) in [7, 11) is 2.17. The first-order valence-corrected chi connectivity index (χ1v) is 9.76. The first kappa shape index (κ1) is 18.9. The van der Waals surface area contributed by atoms with E-state index in [1.54, 1.807) is 0 Å². The van der Waals surface area contributed by atoms with E-state index in [9.17, 15) is 4.79 Å². The topological polar surface area (TPSA) is 23.6 Å². The van der Waals surface area contributed by atoms with Crippen molar-refractivity contribution in [3.05, 3.63) is 70.7 Å². The van der Waals surface area contributed by atoms with Gasteiger partial charge in [0, 0.05) is 37.1 Å². The van der Waals surface area contributed by atoms with Crippen molar-refractivity contribution in [1.29, 1.82) is 0 Å². The summed E-state index contributed by atoms with van der Waals surface area (Å²) in [6, 6.07) is 18.7. The Kier molecular flexibility index (Phi) is 6.70. The van der Waals surface area contributed by atoms with Gasteiger partial charge in [0.1, 0.15) is 0 Å². The average molecular weight is 371 g/mol. The zero-order chi connectivity index (χ0) is 18.4. The van der Waals surface area contributed by atoms with Gasteiger partial charge in [0.25, 0.3) is 0 Å². The van der Waals surface area contributed by atoms with E-state index in [2.05, 4.69) is 36.2 Å². The normalized spacial score (nSPS) is 17.5. The number of aryl methyl sites for hydroxylation is 1. The van der Waals surface area contributed by atoms with Gasteiger partial charge >= 0.3 is 0 Å². The lowest BCUT2D eigenvalue weighted by Gasteiger charge is -2.38. The highest BCUT2D eigenvalue weighted by Gasteiger charge is 2.26. The molecule has 0 N–H and O–H groups in total. The van der Waals surface area contributed by atoms with E-state index in [0.717, 1.165) is 49.5 Å². The summed E-state index contributed by atoms with van der Waals surface area (Å²) in [6.07, 6.45) is 3.58. The van der Waals surface area contributed by atoms with Crippen molar-refractivity contribution in [2.24, 2.45) is 0 Å². The third-order valence-electron chi connectivity index (χ3n) is 5.19. The van der Waals surface area contributed by atoms with Crippen LogP contribution in [0.2, 0.25) is 5.02 Å². The minimum Gasteiger partial charge on any atom is -0.341 e. The first-order valence-electron chi connectivity index (χ1n) is 9.38. The van der Waals surface area contributed by atoms with Crippen molar-refractivity contribution in [2.45, 2.75) is 38.3 Å². The van der Waals surface area contributed by atoms with E-state index in [-0.39, 0.29) is 5.91 Å². The summed E-state index contributed by atoms with van der Waals surface area (Å²) < 4.78 is 0. The highest BCUT2D eigenvalue weighted by molar-refractivity contribution is 6.30. The van der Waals surface area contributed by atoms with Crippen LogP contribution >= 0.6 is 11.6 Å². The molecule has 26 heavy (non-hydrogen) atoms. The van der Waals surface area contributed by atoms with Crippen LogP contribution in [0.3, 0.4) is 0 Å². The van der Waals surface area contributed by atoms with Crippen LogP contribution in [0.4, 0.5) is 0 Å². The maximum absolute atomic E-state index is 12.6. The van der Waals surface area contributed by atoms with Crippen molar-refractivity contribution in [2.75, 3.05) is 20.1 Å². The average Bonchev–Trinajstić information content (AvgIpc) is 2.68. The quantitative estimate of drug-likeness (QED) is 0.752. The molecule has 0 aliphatic carbocycles. The van der Waals surface area contributed by atoms with E-state index in [4.69, 9.17) is 11.6 Å². The van der Waals surface area contributed by atoms with Gasteiger partial charge in [-0.1, -0.05) is 54.1 Å². The van der Waals surface area contributed by atoms with Gasteiger partial charge < -0.3 is 4.90 Å². The molecule has 3 rings (SSSR count). The lowest BCUT2D eigenvalue weighted by atomic mass is 10.0. The van der Waals surface area contributed by atoms with Crippen LogP contribution in [0.25, 0.3) is 0 Å². The fraction of sp³-hybridized carbons (Fsp3) is 0.409. The van der Waals surface area contributed by atoms with Crippen LogP contribution in [0.1, 0.15) is 30.4 Å². The number of amides is 1. The van der Waals surface area contributed by atoms with Crippen molar-refractivity contribution >= 4 is 17.5 Å². The van der Waals surface area contributed by atoms with Crippen LogP contribution in [0.15, 0.2) is 54.6 Å². The Morgan fingerprint density at radius 3 is 2.58 bits per heavy atom. The second kappa shape index (κ2) is 9.20. The molecule has 3 nitrogen and oxygen atoms in total. The van der Waals surface area contributed by atoms with Gasteiger partial charge in [0.15, 0.2) is 0 Å². The molecule has 1 aliphatic heterocycles. The number of carbonyl (C=O) groups is 1. The molecule has 1 heterocycles. The summed E-state index contributed by atoms with van der Waals surface area (Å²) in [6.45, 7) is 2.65. The van der Waals surface area contributed by atoms with E-state index >= 15 is 0 Å². The van der Waals surface area contributed by atoms with Gasteiger partial charge in [-0.15, -0.1) is 0 Å². The minimum absolute atomic E-state index is 0.262. The van der Waals surface area contributed by atoms with Gasteiger partial charge in [-0.25, -0.2) is 0 Å². The van der Waals surface area contributed by atoms with Crippen LogP contribution in [0.5, 0.6) is 0 Å². The zero-order valence-electron chi connectivity index (χ0n) is 15.4. The maximum Gasteiger partial charge on any atom is 0.222 e. The van der Waals surface area contributed by atoms with Crippen LogP contribution in [-0.2, 0) is 17.8 Å². The number of hydrogen-bond donors (Lipinski definition) is 0. The van der Waals surface area contributed by atoms with Crippen molar-refractivity contribution < 1.29 is 4.79 Å². The molecule has 0 radical (unpaired) electrons. The Morgan fingerprint density at radius 1 is 1.12 bits per heavy atom.